The molecule has 294 valence electrons. The minimum Gasteiger partial charge on any atom is -0.465 e. The van der Waals surface area contributed by atoms with Gasteiger partial charge in [-0.25, -0.2) is 18.0 Å². The third-order valence-electron chi connectivity index (χ3n) is 7.77. The molecule has 0 aromatic heterocycles. The second-order valence-corrected chi connectivity index (χ2v) is 28.7. The summed E-state index contributed by atoms with van der Waals surface area (Å²) >= 11 is 0. The van der Waals surface area contributed by atoms with Crippen LogP contribution in [-0.4, -0.2) is 105 Å². The maximum Gasteiger partial charge on any atom is 0.411 e. The number of carbonyl (C=O) groups excluding carboxylic acids is 1. The fourth-order valence-electron chi connectivity index (χ4n) is 4.91. The van der Waals surface area contributed by atoms with Crippen LogP contribution in [0.25, 0.3) is 0 Å². The maximum absolute atomic E-state index is 14.5. The van der Waals surface area contributed by atoms with Gasteiger partial charge in [0, 0.05) is 42.5 Å². The zero-order valence-electron chi connectivity index (χ0n) is 32.4. The van der Waals surface area contributed by atoms with Crippen molar-refractivity contribution in [3.05, 3.63) is 54.1 Å². The normalized spacial score (nSPS) is 13.5. The van der Waals surface area contributed by atoms with E-state index in [1.54, 1.807) is 6.92 Å². The standard InChI is InChI=1S/C36H61N3O10SSi2/c1-10-47-36(42)38-32-23-30(16-17-33(32)48-26-45-18-20-51(4,5)6)50(43,44)39(24-28(2)3)25-34(49-27-46-19-21-52(7,8)9)31(37-35(40)41)22-29-14-12-11-13-15-29/h11-17,23,28,31,34,37H,10,18-22,24-27H2,1-9H3,(H,38,42)(H,40,41)/t31-,34+/m0/s1. The van der Waals surface area contributed by atoms with E-state index >= 15 is 0 Å². The number of carbonyl (C=O) groups is 2. The maximum atomic E-state index is 14.5. The first-order valence-corrected chi connectivity index (χ1v) is 26.7. The second kappa shape index (κ2) is 21.6. The first-order chi connectivity index (χ1) is 24.3. The molecule has 3 N–H and O–H groups in total. The van der Waals surface area contributed by atoms with Crippen molar-refractivity contribution >= 4 is 44.0 Å². The summed E-state index contributed by atoms with van der Waals surface area (Å²) in [6.45, 7) is 19.7. The van der Waals surface area contributed by atoms with Crippen LogP contribution in [0.5, 0.6) is 5.75 Å². The highest BCUT2D eigenvalue weighted by molar-refractivity contribution is 7.89. The number of benzene rings is 2. The Hall–Kier alpha value is -3.00. The molecule has 0 bridgehead atoms. The highest BCUT2D eigenvalue weighted by Gasteiger charge is 2.34. The van der Waals surface area contributed by atoms with Crippen LogP contribution in [-0.2, 0) is 35.4 Å². The summed E-state index contributed by atoms with van der Waals surface area (Å²) in [6.07, 6.45) is -2.71. The SMILES string of the molecule is CCOC(=O)Nc1cc(S(=O)(=O)N(CC(C)C)C[C@@H](OCOCC[Si](C)(C)C)[C@H](Cc2ccccc2)NC(=O)O)ccc1OCOCC[Si](C)(C)C. The number of nitrogens with zero attached hydrogens (tertiary/aromatic N) is 1. The number of anilines is 1. The highest BCUT2D eigenvalue weighted by atomic mass is 32.2. The smallest absolute Gasteiger partial charge is 0.411 e. The third-order valence-corrected chi connectivity index (χ3v) is 13.0. The number of nitrogens with one attached hydrogen (secondary N) is 2. The summed E-state index contributed by atoms with van der Waals surface area (Å²) in [6, 6.07) is 14.5. The average Bonchev–Trinajstić information content (AvgIpc) is 3.02. The van der Waals surface area contributed by atoms with Crippen LogP contribution < -0.4 is 15.4 Å². The lowest BCUT2D eigenvalue weighted by molar-refractivity contribution is -0.0993. The molecule has 13 nitrogen and oxygen atoms in total. The Morgan fingerprint density at radius 2 is 1.50 bits per heavy atom. The van der Waals surface area contributed by atoms with Gasteiger partial charge in [0.2, 0.25) is 10.0 Å². The topological polar surface area (TPSA) is 162 Å². The lowest BCUT2D eigenvalue weighted by Gasteiger charge is -2.33. The van der Waals surface area contributed by atoms with Crippen LogP contribution in [0.3, 0.4) is 0 Å². The quantitative estimate of drug-likeness (QED) is 0.0566. The first-order valence-electron chi connectivity index (χ1n) is 17.8. The number of hydrogen-bond donors (Lipinski definition) is 3. The van der Waals surface area contributed by atoms with E-state index in [4.69, 9.17) is 23.7 Å². The van der Waals surface area contributed by atoms with Gasteiger partial charge in [-0.1, -0.05) is 83.5 Å². The summed E-state index contributed by atoms with van der Waals surface area (Å²) in [5, 5.41) is 15.0. The number of rotatable bonds is 24. The largest absolute Gasteiger partial charge is 0.465 e. The van der Waals surface area contributed by atoms with Gasteiger partial charge in [-0.2, -0.15) is 4.31 Å². The molecular formula is C36H61N3O10SSi2. The minimum atomic E-state index is -4.24. The second-order valence-electron chi connectivity index (χ2n) is 15.5. The third kappa shape index (κ3) is 17.7. The summed E-state index contributed by atoms with van der Waals surface area (Å²) in [4.78, 5) is 24.4. The van der Waals surface area contributed by atoms with E-state index < -0.39 is 50.5 Å². The van der Waals surface area contributed by atoms with E-state index in [2.05, 4.69) is 49.9 Å². The molecule has 2 amide bonds. The number of amides is 2. The number of carboxylic acid groups (broad SMARTS) is 1. The zero-order chi connectivity index (χ0) is 39.0. The molecule has 0 saturated carbocycles. The van der Waals surface area contributed by atoms with Crippen LogP contribution in [0.1, 0.15) is 26.3 Å². The van der Waals surface area contributed by atoms with Gasteiger partial charge in [0.25, 0.3) is 0 Å². The molecule has 0 aliphatic rings. The van der Waals surface area contributed by atoms with Crippen LogP contribution in [0.15, 0.2) is 53.4 Å². The summed E-state index contributed by atoms with van der Waals surface area (Å²) < 4.78 is 58.8. The molecule has 0 spiro atoms. The van der Waals surface area contributed by atoms with E-state index in [1.807, 2.05) is 44.2 Å². The Morgan fingerprint density at radius 1 is 0.885 bits per heavy atom. The Labute approximate surface area is 312 Å². The summed E-state index contributed by atoms with van der Waals surface area (Å²) in [5.41, 5.74) is 0.943. The highest BCUT2D eigenvalue weighted by Crippen LogP contribution is 2.30. The molecule has 0 heterocycles. The lowest BCUT2D eigenvalue weighted by Crippen LogP contribution is -2.52. The van der Waals surface area contributed by atoms with Gasteiger partial charge in [-0.15, -0.1) is 0 Å². The monoisotopic (exact) mass is 783 g/mol. The number of sulfonamides is 1. The van der Waals surface area contributed by atoms with Gasteiger partial charge in [-0.05, 0) is 55.1 Å². The van der Waals surface area contributed by atoms with E-state index in [-0.39, 0.29) is 62.0 Å². The Balaban J connectivity index is 2.48. The van der Waals surface area contributed by atoms with Gasteiger partial charge in [0.05, 0.1) is 29.3 Å². The average molecular weight is 784 g/mol. The van der Waals surface area contributed by atoms with Crippen LogP contribution in [0.2, 0.25) is 51.4 Å². The molecule has 2 aromatic rings. The van der Waals surface area contributed by atoms with Crippen molar-refractivity contribution in [2.75, 3.05) is 51.8 Å². The van der Waals surface area contributed by atoms with Gasteiger partial charge >= 0.3 is 12.2 Å². The molecule has 0 aliphatic carbocycles. The lowest BCUT2D eigenvalue weighted by atomic mass is 10.0. The molecule has 2 rings (SSSR count). The molecule has 0 radical (unpaired) electrons. The van der Waals surface area contributed by atoms with Crippen molar-refractivity contribution in [3.8, 4) is 5.75 Å². The minimum absolute atomic E-state index is 0.0913. The Kier molecular flexibility index (Phi) is 18.8. The summed E-state index contributed by atoms with van der Waals surface area (Å²) in [5.74, 6) is 0.108. The predicted molar refractivity (Wildman–Crippen MR) is 209 cm³/mol. The molecule has 0 fully saturated rings. The zero-order valence-corrected chi connectivity index (χ0v) is 35.2. The van der Waals surface area contributed by atoms with Gasteiger partial charge in [0.1, 0.15) is 12.5 Å². The van der Waals surface area contributed by atoms with Crippen molar-refractivity contribution in [2.24, 2.45) is 5.92 Å². The molecule has 2 aromatic carbocycles. The van der Waals surface area contributed by atoms with Crippen LogP contribution in [0, 0.1) is 5.92 Å². The number of ether oxygens (including phenoxy) is 5. The van der Waals surface area contributed by atoms with E-state index in [1.165, 1.54) is 22.5 Å². The summed E-state index contributed by atoms with van der Waals surface area (Å²) in [7, 11) is -6.95. The first kappa shape index (κ1) is 45.2. The van der Waals surface area contributed by atoms with Crippen molar-refractivity contribution < 1.29 is 46.8 Å². The molecule has 0 aliphatic heterocycles. The predicted octanol–water partition coefficient (Wildman–Crippen LogP) is 7.17. The van der Waals surface area contributed by atoms with Gasteiger partial charge in [0.15, 0.2) is 6.79 Å². The molecule has 52 heavy (non-hydrogen) atoms. The fourth-order valence-corrected chi connectivity index (χ4v) is 8.07. The molecule has 0 saturated heterocycles. The van der Waals surface area contributed by atoms with Crippen LogP contribution in [0.4, 0.5) is 15.3 Å². The molecule has 2 atom stereocenters. The molecule has 0 unspecified atom stereocenters. The van der Waals surface area contributed by atoms with Crippen molar-refractivity contribution in [3.63, 3.8) is 0 Å². The van der Waals surface area contributed by atoms with Gasteiger partial charge < -0.3 is 34.1 Å². The fraction of sp³-hybridized carbons (Fsp3) is 0.611. The number of hydrogen-bond acceptors (Lipinski definition) is 9. The van der Waals surface area contributed by atoms with Crippen molar-refractivity contribution in [2.45, 2.75) is 95.6 Å². The van der Waals surface area contributed by atoms with E-state index in [0.717, 1.165) is 17.7 Å². The molecular weight excluding hydrogens is 723 g/mol. The van der Waals surface area contributed by atoms with E-state index in [0.29, 0.717) is 13.2 Å². The Bertz CT molecular complexity index is 1490. The van der Waals surface area contributed by atoms with Crippen molar-refractivity contribution in [1.29, 1.82) is 0 Å². The Morgan fingerprint density at radius 3 is 2.06 bits per heavy atom. The van der Waals surface area contributed by atoms with Crippen molar-refractivity contribution in [1.82, 2.24) is 9.62 Å². The van der Waals surface area contributed by atoms with E-state index in [9.17, 15) is 23.1 Å². The van der Waals surface area contributed by atoms with Crippen LogP contribution >= 0.6 is 0 Å². The van der Waals surface area contributed by atoms with Gasteiger partial charge in [-0.3, -0.25) is 5.32 Å². The molecule has 16 heteroatoms.